The van der Waals surface area contributed by atoms with E-state index in [1.54, 1.807) is 12.2 Å². The zero-order valence-electron chi connectivity index (χ0n) is 5.94. The van der Waals surface area contributed by atoms with Gasteiger partial charge in [-0.15, -0.1) is 0 Å². The maximum absolute atomic E-state index is 5.53. The van der Waals surface area contributed by atoms with Gasteiger partial charge in [0, 0.05) is 5.03 Å². The number of allylic oxidation sites excluding steroid dienone is 3. The maximum Gasteiger partial charge on any atom is 0.0336 e. The molecule has 0 fully saturated rings. The molecule has 0 atom stereocenters. The minimum atomic E-state index is 0.517. The highest BCUT2D eigenvalue weighted by Crippen LogP contribution is 2.07. The van der Waals surface area contributed by atoms with E-state index in [1.807, 2.05) is 0 Å². The highest BCUT2D eigenvalue weighted by atomic mass is 35.5. The third kappa shape index (κ3) is 4.36. The Hall–Kier alpha value is -0.530. The molecule has 0 aliphatic heterocycles. The van der Waals surface area contributed by atoms with Crippen molar-refractivity contribution in [3.05, 3.63) is 35.9 Å². The van der Waals surface area contributed by atoms with Crippen molar-refractivity contribution in [2.75, 3.05) is 6.54 Å². The van der Waals surface area contributed by atoms with Crippen LogP contribution < -0.4 is 5.73 Å². The summed E-state index contributed by atoms with van der Waals surface area (Å²) in [6.45, 7) is 7.75. The van der Waals surface area contributed by atoms with Crippen LogP contribution in [0.5, 0.6) is 0 Å². The van der Waals surface area contributed by atoms with Crippen molar-refractivity contribution in [3.8, 4) is 0 Å². The zero-order chi connectivity index (χ0) is 7.98. The molecule has 0 unspecified atom stereocenters. The Balaban J connectivity index is 4.03. The Morgan fingerprint density at radius 3 is 2.50 bits per heavy atom. The zero-order valence-corrected chi connectivity index (χ0v) is 6.69. The van der Waals surface area contributed by atoms with E-state index in [9.17, 15) is 0 Å². The summed E-state index contributed by atoms with van der Waals surface area (Å²) in [7, 11) is 0. The highest BCUT2D eigenvalue weighted by molar-refractivity contribution is 6.30. The van der Waals surface area contributed by atoms with Crippen LogP contribution in [0.2, 0.25) is 0 Å². The quantitative estimate of drug-likeness (QED) is 0.623. The fourth-order valence-corrected chi connectivity index (χ4v) is 0.741. The second-order valence-electron chi connectivity index (χ2n) is 1.91. The average molecular weight is 158 g/mol. The van der Waals surface area contributed by atoms with Crippen molar-refractivity contribution in [1.29, 1.82) is 0 Å². The van der Waals surface area contributed by atoms with E-state index in [1.165, 1.54) is 0 Å². The Kier molecular flexibility index (Phi) is 4.99. The standard InChI is InChI=1S/C8H12ClN/c1-3-8(4-5-10)6-7(2)9/h3,6H,1-2,4-5,10H2/b8-6+. The SMILES string of the molecule is C=C/C(=C\C(=C)Cl)CCN. The van der Waals surface area contributed by atoms with Crippen LogP contribution in [0.1, 0.15) is 6.42 Å². The topological polar surface area (TPSA) is 26.0 Å². The fourth-order valence-electron chi connectivity index (χ4n) is 0.601. The number of rotatable bonds is 4. The average Bonchev–Trinajstić information content (AvgIpc) is 1.86. The molecule has 0 amide bonds. The lowest BCUT2D eigenvalue weighted by Crippen LogP contribution is -1.98. The van der Waals surface area contributed by atoms with Gasteiger partial charge in [-0.05, 0) is 24.6 Å². The van der Waals surface area contributed by atoms with Gasteiger partial charge in [-0.1, -0.05) is 30.8 Å². The second-order valence-corrected chi connectivity index (χ2v) is 2.39. The summed E-state index contributed by atoms with van der Waals surface area (Å²) in [4.78, 5) is 0. The van der Waals surface area contributed by atoms with Crippen molar-refractivity contribution in [2.24, 2.45) is 5.73 Å². The lowest BCUT2D eigenvalue weighted by Gasteiger charge is -1.96. The normalized spacial score (nSPS) is 11.2. The van der Waals surface area contributed by atoms with Crippen LogP contribution in [0.3, 0.4) is 0 Å². The van der Waals surface area contributed by atoms with Gasteiger partial charge in [0.05, 0.1) is 0 Å². The first kappa shape index (κ1) is 9.47. The Morgan fingerprint density at radius 1 is 1.60 bits per heavy atom. The highest BCUT2D eigenvalue weighted by Gasteiger charge is 1.89. The van der Waals surface area contributed by atoms with Crippen molar-refractivity contribution in [1.82, 2.24) is 0 Å². The largest absolute Gasteiger partial charge is 0.330 e. The summed E-state index contributed by atoms with van der Waals surface area (Å²) in [5.74, 6) is 0. The van der Waals surface area contributed by atoms with Gasteiger partial charge in [-0.25, -0.2) is 0 Å². The van der Waals surface area contributed by atoms with Crippen LogP contribution in [0.4, 0.5) is 0 Å². The minimum absolute atomic E-state index is 0.517. The Morgan fingerprint density at radius 2 is 2.20 bits per heavy atom. The molecule has 0 saturated heterocycles. The van der Waals surface area contributed by atoms with Gasteiger partial charge in [0.25, 0.3) is 0 Å². The molecule has 0 heterocycles. The van der Waals surface area contributed by atoms with Crippen LogP contribution in [0, 0.1) is 0 Å². The van der Waals surface area contributed by atoms with E-state index in [4.69, 9.17) is 17.3 Å². The van der Waals surface area contributed by atoms with Crippen molar-refractivity contribution >= 4 is 11.6 Å². The van der Waals surface area contributed by atoms with Crippen molar-refractivity contribution < 1.29 is 0 Å². The summed E-state index contributed by atoms with van der Waals surface area (Å²) < 4.78 is 0. The molecule has 0 aromatic rings. The van der Waals surface area contributed by atoms with Crippen LogP contribution in [-0.2, 0) is 0 Å². The summed E-state index contributed by atoms with van der Waals surface area (Å²) in [5.41, 5.74) is 6.35. The van der Waals surface area contributed by atoms with Gasteiger partial charge >= 0.3 is 0 Å². The Bertz CT molecular complexity index is 159. The summed E-state index contributed by atoms with van der Waals surface area (Å²) in [6.07, 6.45) is 4.30. The molecule has 56 valence electrons. The fraction of sp³-hybridized carbons (Fsp3) is 0.250. The molecule has 0 aromatic carbocycles. The first-order chi connectivity index (χ1) is 4.70. The molecule has 0 aliphatic rings. The van der Waals surface area contributed by atoms with Crippen LogP contribution in [-0.4, -0.2) is 6.54 Å². The second kappa shape index (κ2) is 5.27. The molecule has 0 bridgehead atoms. The molecule has 0 saturated carbocycles. The monoisotopic (exact) mass is 157 g/mol. The van der Waals surface area contributed by atoms with Gasteiger partial charge in [0.1, 0.15) is 0 Å². The van der Waals surface area contributed by atoms with E-state index >= 15 is 0 Å². The van der Waals surface area contributed by atoms with Gasteiger partial charge in [-0.3, -0.25) is 0 Å². The third-order valence-electron chi connectivity index (χ3n) is 1.04. The molecule has 2 N–H and O–H groups in total. The smallest absolute Gasteiger partial charge is 0.0336 e. The van der Waals surface area contributed by atoms with Crippen LogP contribution >= 0.6 is 11.6 Å². The molecule has 0 spiro atoms. The van der Waals surface area contributed by atoms with E-state index in [0.29, 0.717) is 11.6 Å². The number of hydrogen-bond donors (Lipinski definition) is 1. The predicted octanol–water partition coefficient (Wildman–Crippen LogP) is 2.20. The van der Waals surface area contributed by atoms with Gasteiger partial charge in [0.15, 0.2) is 0 Å². The first-order valence-electron chi connectivity index (χ1n) is 3.08. The van der Waals surface area contributed by atoms with Gasteiger partial charge < -0.3 is 5.73 Å². The molecular weight excluding hydrogens is 146 g/mol. The molecule has 0 aliphatic carbocycles. The summed E-state index contributed by atoms with van der Waals surface area (Å²) in [5, 5.41) is 0.517. The lowest BCUT2D eigenvalue weighted by atomic mass is 10.2. The first-order valence-corrected chi connectivity index (χ1v) is 3.46. The van der Waals surface area contributed by atoms with Gasteiger partial charge in [0.2, 0.25) is 0 Å². The molecule has 0 rings (SSSR count). The van der Waals surface area contributed by atoms with E-state index in [0.717, 1.165) is 12.0 Å². The number of nitrogens with two attached hydrogens (primary N) is 1. The van der Waals surface area contributed by atoms with Crippen molar-refractivity contribution in [2.45, 2.75) is 6.42 Å². The van der Waals surface area contributed by atoms with E-state index < -0.39 is 0 Å². The lowest BCUT2D eigenvalue weighted by molar-refractivity contribution is 0.974. The summed E-state index contributed by atoms with van der Waals surface area (Å²) >= 11 is 5.53. The molecule has 0 aromatic heterocycles. The molecule has 10 heavy (non-hydrogen) atoms. The summed E-state index contributed by atoms with van der Waals surface area (Å²) in [6, 6.07) is 0. The molecule has 0 radical (unpaired) electrons. The van der Waals surface area contributed by atoms with Crippen LogP contribution in [0.25, 0.3) is 0 Å². The van der Waals surface area contributed by atoms with Gasteiger partial charge in [-0.2, -0.15) is 0 Å². The minimum Gasteiger partial charge on any atom is -0.330 e. The maximum atomic E-state index is 5.53. The molecular formula is C8H12ClN. The Labute approximate surface area is 66.9 Å². The third-order valence-corrected chi connectivity index (χ3v) is 1.15. The van der Waals surface area contributed by atoms with Crippen molar-refractivity contribution in [3.63, 3.8) is 0 Å². The van der Waals surface area contributed by atoms with E-state index in [2.05, 4.69) is 13.2 Å². The van der Waals surface area contributed by atoms with Crippen LogP contribution in [0.15, 0.2) is 35.9 Å². The molecule has 2 heteroatoms. The number of halogens is 1. The number of hydrogen-bond acceptors (Lipinski definition) is 1. The molecule has 1 nitrogen and oxygen atoms in total. The van der Waals surface area contributed by atoms with E-state index in [-0.39, 0.29) is 0 Å². The predicted molar refractivity (Wildman–Crippen MR) is 46.9 cm³/mol.